The van der Waals surface area contributed by atoms with Crippen LogP contribution in [0.3, 0.4) is 0 Å². The molecule has 1 fully saturated rings. The largest absolute Gasteiger partial charge is 0.285 e. The summed E-state index contributed by atoms with van der Waals surface area (Å²) in [4.78, 5) is 0. The summed E-state index contributed by atoms with van der Waals surface area (Å²) >= 11 is 0. The van der Waals surface area contributed by atoms with Crippen molar-refractivity contribution in [2.45, 2.75) is 44.8 Å². The molecule has 3 nitrogen and oxygen atoms in total. The second-order valence-electron chi connectivity index (χ2n) is 2.77. The van der Waals surface area contributed by atoms with Crippen LogP contribution in [-0.4, -0.2) is 18.2 Å². The van der Waals surface area contributed by atoms with Crippen molar-refractivity contribution in [2.24, 2.45) is 0 Å². The molecule has 0 bridgehead atoms. The van der Waals surface area contributed by atoms with E-state index in [1.807, 2.05) is 0 Å². The van der Waals surface area contributed by atoms with Crippen molar-refractivity contribution >= 4 is 10.1 Å². The van der Waals surface area contributed by atoms with E-state index in [1.165, 1.54) is 0 Å². The van der Waals surface area contributed by atoms with Gasteiger partial charge >= 0.3 is 0 Å². The lowest BCUT2D eigenvalue weighted by Crippen LogP contribution is -2.22. The van der Waals surface area contributed by atoms with Gasteiger partial charge in [0, 0.05) is 0 Å². The summed E-state index contributed by atoms with van der Waals surface area (Å²) in [6, 6.07) is 0. The lowest BCUT2D eigenvalue weighted by molar-refractivity contribution is 0.425. The van der Waals surface area contributed by atoms with Gasteiger partial charge in [-0.15, -0.1) is 0 Å². The van der Waals surface area contributed by atoms with Gasteiger partial charge in [-0.3, -0.25) is 4.55 Å². The molecular weight excluding hydrogens is 164 g/mol. The minimum Gasteiger partial charge on any atom is -0.285 e. The molecule has 0 atom stereocenters. The van der Waals surface area contributed by atoms with Gasteiger partial charge in [0.2, 0.25) is 0 Å². The zero-order valence-corrected chi connectivity index (χ0v) is 6.60. The maximum absolute atomic E-state index is 10.5. The molecule has 0 heterocycles. The standard InChI is InChI=1S/C6H12O3S.CH4/c7-10(8,9)6-4-2-1-3-5-6;/h6H,1-5H2,(H,7,8,9);1H4. The topological polar surface area (TPSA) is 54.4 Å². The molecule has 1 aliphatic rings. The Balaban J connectivity index is 0.000001000. The molecule has 1 saturated carbocycles. The molecular formula is C7H16O3S. The summed E-state index contributed by atoms with van der Waals surface area (Å²) in [5.74, 6) is 0. The van der Waals surface area contributed by atoms with E-state index in [0.29, 0.717) is 12.8 Å². The monoisotopic (exact) mass is 180 g/mol. The van der Waals surface area contributed by atoms with Crippen LogP contribution in [0.15, 0.2) is 0 Å². The average Bonchev–Trinajstić information content (AvgIpc) is 1.88. The fourth-order valence-electron chi connectivity index (χ4n) is 1.36. The Morgan fingerprint density at radius 3 is 1.82 bits per heavy atom. The Kier molecular flexibility index (Phi) is 4.03. The number of hydrogen-bond donors (Lipinski definition) is 1. The molecule has 0 spiro atoms. The molecule has 0 amide bonds. The third-order valence-corrected chi connectivity index (χ3v) is 3.29. The third-order valence-electron chi connectivity index (χ3n) is 1.97. The molecule has 4 heteroatoms. The molecule has 0 aromatic heterocycles. The molecule has 1 N–H and O–H groups in total. The zero-order chi connectivity index (χ0) is 7.61. The SMILES string of the molecule is C.O=S(=O)(O)C1CCCCC1. The van der Waals surface area contributed by atoms with Gasteiger partial charge in [-0.1, -0.05) is 26.7 Å². The van der Waals surface area contributed by atoms with Crippen LogP contribution in [0.4, 0.5) is 0 Å². The quantitative estimate of drug-likeness (QED) is 0.626. The van der Waals surface area contributed by atoms with Crippen LogP contribution in [0.5, 0.6) is 0 Å². The molecule has 0 radical (unpaired) electrons. The first-order chi connectivity index (χ1) is 4.61. The van der Waals surface area contributed by atoms with Crippen molar-refractivity contribution < 1.29 is 13.0 Å². The minimum atomic E-state index is -3.73. The van der Waals surface area contributed by atoms with Gasteiger partial charge in [0.05, 0.1) is 5.25 Å². The molecule has 1 rings (SSSR count). The highest BCUT2D eigenvalue weighted by atomic mass is 32.2. The first-order valence-electron chi connectivity index (χ1n) is 3.57. The first kappa shape index (κ1) is 10.9. The van der Waals surface area contributed by atoms with Gasteiger partial charge in [0.1, 0.15) is 0 Å². The van der Waals surface area contributed by atoms with Crippen molar-refractivity contribution in [1.82, 2.24) is 0 Å². The summed E-state index contributed by atoms with van der Waals surface area (Å²) in [5, 5.41) is -0.471. The molecule has 0 aromatic rings. The highest BCUT2D eigenvalue weighted by Crippen LogP contribution is 2.22. The average molecular weight is 180 g/mol. The minimum absolute atomic E-state index is 0. The molecule has 0 saturated heterocycles. The fourth-order valence-corrected chi connectivity index (χ4v) is 2.29. The highest BCUT2D eigenvalue weighted by molar-refractivity contribution is 7.86. The molecule has 11 heavy (non-hydrogen) atoms. The molecule has 0 aliphatic heterocycles. The van der Waals surface area contributed by atoms with Crippen LogP contribution in [0.2, 0.25) is 0 Å². The van der Waals surface area contributed by atoms with Gasteiger partial charge in [0.15, 0.2) is 0 Å². The van der Waals surface area contributed by atoms with E-state index in [0.717, 1.165) is 19.3 Å². The fraction of sp³-hybridized carbons (Fsp3) is 1.00. The van der Waals surface area contributed by atoms with Crippen molar-refractivity contribution in [2.75, 3.05) is 0 Å². The molecule has 0 unspecified atom stereocenters. The third kappa shape index (κ3) is 3.20. The summed E-state index contributed by atoms with van der Waals surface area (Å²) in [7, 11) is -3.73. The summed E-state index contributed by atoms with van der Waals surface area (Å²) < 4.78 is 29.7. The first-order valence-corrected chi connectivity index (χ1v) is 5.07. The van der Waals surface area contributed by atoms with Gasteiger partial charge < -0.3 is 0 Å². The molecule has 1 aliphatic carbocycles. The van der Waals surface area contributed by atoms with Crippen LogP contribution in [-0.2, 0) is 10.1 Å². The van der Waals surface area contributed by atoms with Crippen molar-refractivity contribution in [3.63, 3.8) is 0 Å². The van der Waals surface area contributed by atoms with Crippen LogP contribution < -0.4 is 0 Å². The van der Waals surface area contributed by atoms with E-state index in [2.05, 4.69) is 0 Å². The Bertz CT molecular complexity index is 190. The second kappa shape index (κ2) is 4.07. The second-order valence-corrected chi connectivity index (χ2v) is 4.47. The normalized spacial score (nSPS) is 20.8. The Morgan fingerprint density at radius 2 is 1.55 bits per heavy atom. The summed E-state index contributed by atoms with van der Waals surface area (Å²) in [6.45, 7) is 0. The predicted octanol–water partition coefficient (Wildman–Crippen LogP) is 1.84. The lowest BCUT2D eigenvalue weighted by atomic mass is 10.0. The van der Waals surface area contributed by atoms with Gasteiger partial charge in [-0.2, -0.15) is 8.42 Å². The van der Waals surface area contributed by atoms with Crippen LogP contribution in [0, 0.1) is 0 Å². The maximum Gasteiger partial charge on any atom is 0.267 e. The van der Waals surface area contributed by atoms with Crippen LogP contribution in [0.1, 0.15) is 39.5 Å². The Hall–Kier alpha value is -0.0900. The van der Waals surface area contributed by atoms with Crippen LogP contribution in [0.25, 0.3) is 0 Å². The molecule has 68 valence electrons. The van der Waals surface area contributed by atoms with Crippen molar-refractivity contribution in [3.05, 3.63) is 0 Å². The van der Waals surface area contributed by atoms with Crippen molar-refractivity contribution in [1.29, 1.82) is 0 Å². The Labute approximate surface area is 68.6 Å². The van der Waals surface area contributed by atoms with E-state index in [1.54, 1.807) is 0 Å². The van der Waals surface area contributed by atoms with E-state index < -0.39 is 15.4 Å². The van der Waals surface area contributed by atoms with Gasteiger partial charge in [-0.25, -0.2) is 0 Å². The highest BCUT2D eigenvalue weighted by Gasteiger charge is 2.24. The smallest absolute Gasteiger partial charge is 0.267 e. The van der Waals surface area contributed by atoms with E-state index in [9.17, 15) is 8.42 Å². The molecule has 0 aromatic carbocycles. The van der Waals surface area contributed by atoms with Gasteiger partial charge in [0.25, 0.3) is 10.1 Å². The number of rotatable bonds is 1. The van der Waals surface area contributed by atoms with E-state index >= 15 is 0 Å². The zero-order valence-electron chi connectivity index (χ0n) is 5.78. The van der Waals surface area contributed by atoms with Crippen LogP contribution >= 0.6 is 0 Å². The predicted molar refractivity (Wildman–Crippen MR) is 45.2 cm³/mol. The van der Waals surface area contributed by atoms with E-state index in [-0.39, 0.29) is 7.43 Å². The number of hydrogen-bond acceptors (Lipinski definition) is 2. The lowest BCUT2D eigenvalue weighted by Gasteiger charge is -2.17. The van der Waals surface area contributed by atoms with Gasteiger partial charge in [-0.05, 0) is 12.8 Å². The van der Waals surface area contributed by atoms with E-state index in [4.69, 9.17) is 4.55 Å². The summed E-state index contributed by atoms with van der Waals surface area (Å²) in [5.41, 5.74) is 0. The Morgan fingerprint density at radius 1 is 1.09 bits per heavy atom. The van der Waals surface area contributed by atoms with Crippen molar-refractivity contribution in [3.8, 4) is 0 Å². The summed E-state index contributed by atoms with van der Waals surface area (Å²) in [6.07, 6.45) is 4.25. The maximum atomic E-state index is 10.5.